The van der Waals surface area contributed by atoms with Crippen molar-refractivity contribution in [3.63, 3.8) is 0 Å². The van der Waals surface area contributed by atoms with Gasteiger partial charge in [0.2, 0.25) is 5.91 Å². The molecule has 3 atom stereocenters. The van der Waals surface area contributed by atoms with Crippen LogP contribution in [0.3, 0.4) is 0 Å². The molecule has 0 aromatic carbocycles. The normalized spacial score (nSPS) is 49.4. The number of nitrogens with zero attached hydrogens (tertiary/aromatic N) is 1. The zero-order valence-corrected chi connectivity index (χ0v) is 8.62. The molecule has 0 aromatic heterocycles. The van der Waals surface area contributed by atoms with Crippen LogP contribution in [-0.4, -0.2) is 29.2 Å². The first-order valence-corrected chi connectivity index (χ1v) is 5.55. The Hall–Kier alpha value is -0.570. The third kappa shape index (κ3) is 0.577. The lowest BCUT2D eigenvalue weighted by Crippen LogP contribution is -2.46. The van der Waals surface area contributed by atoms with Crippen LogP contribution in [0.4, 0.5) is 0 Å². The number of hydrogen-bond donors (Lipinski definition) is 0. The van der Waals surface area contributed by atoms with E-state index in [1.807, 2.05) is 18.7 Å². The smallest absolute Gasteiger partial charge is 0.229 e. The molecule has 0 N–H and O–H groups in total. The fraction of sp³-hybridized carbons (Fsp3) is 0.909. The predicted molar refractivity (Wildman–Crippen MR) is 49.3 cm³/mol. The Morgan fingerprint density at radius 1 is 1.43 bits per heavy atom. The van der Waals surface area contributed by atoms with E-state index in [2.05, 4.69) is 0 Å². The van der Waals surface area contributed by atoms with Crippen LogP contribution in [0.2, 0.25) is 0 Å². The van der Waals surface area contributed by atoms with E-state index in [4.69, 9.17) is 4.74 Å². The van der Waals surface area contributed by atoms with Crippen molar-refractivity contribution < 1.29 is 9.53 Å². The molecule has 2 saturated carbocycles. The highest BCUT2D eigenvalue weighted by atomic mass is 16.5. The number of rotatable bonds is 0. The largest absolute Gasteiger partial charge is 0.354 e. The summed E-state index contributed by atoms with van der Waals surface area (Å²) in [5.41, 5.74) is 0.132. The van der Waals surface area contributed by atoms with Crippen molar-refractivity contribution in [2.24, 2.45) is 17.3 Å². The Bertz CT molecular complexity index is 345. The van der Waals surface area contributed by atoms with Gasteiger partial charge in [-0.1, -0.05) is 0 Å². The summed E-state index contributed by atoms with van der Waals surface area (Å²) in [6.07, 6.45) is 2.58. The maximum atomic E-state index is 12.1. The van der Waals surface area contributed by atoms with Crippen molar-refractivity contribution in [2.75, 3.05) is 6.61 Å². The number of piperidine rings is 1. The van der Waals surface area contributed by atoms with E-state index < -0.39 is 0 Å². The molecule has 2 aliphatic carbocycles. The van der Waals surface area contributed by atoms with Crippen molar-refractivity contribution in [3.05, 3.63) is 0 Å². The lowest BCUT2D eigenvalue weighted by Gasteiger charge is -2.31. The van der Waals surface area contributed by atoms with Gasteiger partial charge >= 0.3 is 0 Å². The zero-order chi connectivity index (χ0) is 9.72. The second-order valence-electron chi connectivity index (χ2n) is 5.77. The minimum atomic E-state index is -0.342. The second kappa shape index (κ2) is 1.75. The van der Waals surface area contributed by atoms with E-state index in [0.29, 0.717) is 29.2 Å². The van der Waals surface area contributed by atoms with Crippen LogP contribution in [0.1, 0.15) is 26.7 Å². The van der Waals surface area contributed by atoms with E-state index in [1.165, 1.54) is 12.8 Å². The highest BCUT2D eigenvalue weighted by molar-refractivity contribution is 5.89. The third-order valence-corrected chi connectivity index (χ3v) is 4.80. The number of carbonyl (C=O) groups excluding carboxylic acids is 1. The minimum absolute atomic E-state index is 0.342. The average Bonchev–Trinajstić information content (AvgIpc) is 2.95. The van der Waals surface area contributed by atoms with Crippen molar-refractivity contribution in [3.8, 4) is 0 Å². The molecule has 0 radical (unpaired) electrons. The summed E-state index contributed by atoms with van der Waals surface area (Å²) < 4.78 is 5.70. The summed E-state index contributed by atoms with van der Waals surface area (Å²) in [5.74, 6) is 1.41. The van der Waals surface area contributed by atoms with Crippen LogP contribution >= 0.6 is 0 Å². The summed E-state index contributed by atoms with van der Waals surface area (Å²) in [7, 11) is 0. The van der Waals surface area contributed by atoms with E-state index in [1.54, 1.807) is 0 Å². The molecule has 76 valence electrons. The first-order chi connectivity index (χ1) is 6.58. The molecule has 4 fully saturated rings. The van der Waals surface area contributed by atoms with Gasteiger partial charge in [-0.05, 0) is 32.1 Å². The van der Waals surface area contributed by atoms with E-state index in [0.717, 1.165) is 6.61 Å². The van der Waals surface area contributed by atoms with Gasteiger partial charge in [0.1, 0.15) is 5.72 Å². The van der Waals surface area contributed by atoms with Crippen LogP contribution < -0.4 is 0 Å². The van der Waals surface area contributed by atoms with Crippen molar-refractivity contribution in [1.82, 2.24) is 4.90 Å². The molecule has 2 heterocycles. The van der Waals surface area contributed by atoms with Gasteiger partial charge in [0, 0.05) is 11.8 Å². The van der Waals surface area contributed by atoms with Crippen LogP contribution in [0.25, 0.3) is 0 Å². The molecule has 2 unspecified atom stereocenters. The topological polar surface area (TPSA) is 29.5 Å². The number of carbonyl (C=O) groups is 1. The molecule has 1 amide bonds. The maximum absolute atomic E-state index is 12.1. The standard InChI is InChI=1S/C11H15NO2/c1-10(2)12-6(5-14-10)7-8(9(12)13)11(7)3-4-11/h6-8H,3-5H2,1-2H3/t6-,7?,8?/m1/s1. The molecule has 3 nitrogen and oxygen atoms in total. The van der Waals surface area contributed by atoms with Gasteiger partial charge in [-0.15, -0.1) is 0 Å². The van der Waals surface area contributed by atoms with Crippen LogP contribution in [-0.2, 0) is 9.53 Å². The maximum Gasteiger partial charge on any atom is 0.229 e. The summed E-state index contributed by atoms with van der Waals surface area (Å²) in [6, 6.07) is 0.407. The first kappa shape index (κ1) is 7.69. The quantitative estimate of drug-likeness (QED) is 0.574. The Kier molecular flexibility index (Phi) is 0.963. The predicted octanol–water partition coefficient (Wildman–Crippen LogP) is 0.990. The molecule has 0 bridgehead atoms. The Balaban J connectivity index is 1.75. The van der Waals surface area contributed by atoms with Crippen molar-refractivity contribution >= 4 is 5.91 Å². The van der Waals surface area contributed by atoms with Gasteiger partial charge in [0.25, 0.3) is 0 Å². The number of amides is 1. The van der Waals surface area contributed by atoms with Crippen LogP contribution in [0.15, 0.2) is 0 Å². The molecule has 4 rings (SSSR count). The third-order valence-electron chi connectivity index (χ3n) is 4.80. The minimum Gasteiger partial charge on any atom is -0.354 e. The molecule has 14 heavy (non-hydrogen) atoms. The molecule has 1 spiro atoms. The molecule has 4 aliphatic rings. The SMILES string of the molecule is CC1(C)OC[C@@H]2C3C(C(=O)N21)C31CC1. The monoisotopic (exact) mass is 193 g/mol. The van der Waals surface area contributed by atoms with Crippen LogP contribution in [0.5, 0.6) is 0 Å². The summed E-state index contributed by atoms with van der Waals surface area (Å²) in [5, 5.41) is 0. The number of hydrogen-bond acceptors (Lipinski definition) is 2. The fourth-order valence-electron chi connectivity index (χ4n) is 3.99. The Morgan fingerprint density at radius 2 is 2.14 bits per heavy atom. The van der Waals surface area contributed by atoms with Gasteiger partial charge in [-0.2, -0.15) is 0 Å². The molecule has 2 aliphatic heterocycles. The molecule has 0 aromatic rings. The van der Waals surface area contributed by atoms with E-state index in [-0.39, 0.29) is 5.72 Å². The Labute approximate surface area is 83.4 Å². The lowest BCUT2D eigenvalue weighted by molar-refractivity contribution is -0.145. The number of fused-ring (bicyclic) bond motifs is 5. The van der Waals surface area contributed by atoms with Crippen LogP contribution in [0, 0.1) is 17.3 Å². The van der Waals surface area contributed by atoms with Gasteiger partial charge in [0.15, 0.2) is 0 Å². The van der Waals surface area contributed by atoms with Crippen molar-refractivity contribution in [2.45, 2.75) is 38.5 Å². The van der Waals surface area contributed by atoms with Crippen molar-refractivity contribution in [1.29, 1.82) is 0 Å². The van der Waals surface area contributed by atoms with Gasteiger partial charge in [0.05, 0.1) is 12.6 Å². The summed E-state index contributed by atoms with van der Waals surface area (Å²) >= 11 is 0. The highest BCUT2D eigenvalue weighted by Gasteiger charge is 2.83. The fourth-order valence-corrected chi connectivity index (χ4v) is 3.99. The van der Waals surface area contributed by atoms with Gasteiger partial charge < -0.3 is 9.64 Å². The average molecular weight is 193 g/mol. The first-order valence-electron chi connectivity index (χ1n) is 5.55. The van der Waals surface area contributed by atoms with E-state index >= 15 is 0 Å². The molecule has 2 saturated heterocycles. The molecular weight excluding hydrogens is 178 g/mol. The van der Waals surface area contributed by atoms with Gasteiger partial charge in [-0.25, -0.2) is 0 Å². The lowest BCUT2D eigenvalue weighted by atomic mass is 10.1. The summed E-state index contributed by atoms with van der Waals surface area (Å²) in [4.78, 5) is 14.2. The highest BCUT2D eigenvalue weighted by Crippen LogP contribution is 2.80. The second-order valence-corrected chi connectivity index (χ2v) is 5.77. The zero-order valence-electron chi connectivity index (χ0n) is 8.62. The van der Waals surface area contributed by atoms with E-state index in [9.17, 15) is 4.79 Å². The molecule has 3 heteroatoms. The Morgan fingerprint density at radius 3 is 2.79 bits per heavy atom. The molecular formula is C11H15NO2. The van der Waals surface area contributed by atoms with Gasteiger partial charge in [-0.3, -0.25) is 4.79 Å². The summed E-state index contributed by atoms with van der Waals surface area (Å²) in [6.45, 7) is 4.78. The number of ether oxygens (including phenoxy) is 1.